The molecule has 1 rings (SSSR count). The molecular formula is C8H11N5. The third-order valence-corrected chi connectivity index (χ3v) is 1.47. The first-order chi connectivity index (χ1) is 6.15. The summed E-state index contributed by atoms with van der Waals surface area (Å²) in [5.74, 6) is 0. The van der Waals surface area contributed by atoms with Gasteiger partial charge in [0.05, 0.1) is 5.69 Å². The van der Waals surface area contributed by atoms with Gasteiger partial charge in [-0.05, 0) is 6.07 Å². The second kappa shape index (κ2) is 3.72. The zero-order valence-corrected chi connectivity index (χ0v) is 7.89. The summed E-state index contributed by atoms with van der Waals surface area (Å²) in [6, 6.07) is 3.78. The lowest BCUT2D eigenvalue weighted by Crippen LogP contribution is -2.12. The summed E-state index contributed by atoms with van der Waals surface area (Å²) < 4.78 is 1.62. The van der Waals surface area contributed by atoms with E-state index in [4.69, 9.17) is 5.26 Å². The molecular weight excluding hydrogens is 166 g/mol. The number of aryl methyl sites for hydroxylation is 1. The predicted octanol–water partition coefficient (Wildman–Crippen LogP) is 0.209. The van der Waals surface area contributed by atoms with Crippen molar-refractivity contribution in [3.8, 4) is 6.07 Å². The summed E-state index contributed by atoms with van der Waals surface area (Å²) in [5, 5.41) is 18.4. The average Bonchev–Trinajstić information content (AvgIpc) is 2.47. The fourth-order valence-corrected chi connectivity index (χ4v) is 0.937. The van der Waals surface area contributed by atoms with Gasteiger partial charge < -0.3 is 5.01 Å². The van der Waals surface area contributed by atoms with E-state index < -0.39 is 0 Å². The van der Waals surface area contributed by atoms with Gasteiger partial charge in [0.2, 0.25) is 0 Å². The Hall–Kier alpha value is -1.83. The first-order valence-corrected chi connectivity index (χ1v) is 3.79. The molecule has 0 bridgehead atoms. The van der Waals surface area contributed by atoms with E-state index in [2.05, 4.69) is 10.2 Å². The van der Waals surface area contributed by atoms with Crippen molar-refractivity contribution < 1.29 is 0 Å². The average molecular weight is 177 g/mol. The largest absolute Gasteiger partial charge is 0.302 e. The summed E-state index contributed by atoms with van der Waals surface area (Å²) in [6.45, 7) is 0. The quantitative estimate of drug-likeness (QED) is 0.479. The molecule has 0 aliphatic heterocycles. The van der Waals surface area contributed by atoms with Gasteiger partial charge in [0.15, 0.2) is 5.71 Å². The molecule has 13 heavy (non-hydrogen) atoms. The van der Waals surface area contributed by atoms with Gasteiger partial charge in [0, 0.05) is 27.3 Å². The zero-order chi connectivity index (χ0) is 9.84. The van der Waals surface area contributed by atoms with Crippen LogP contribution in [0, 0.1) is 11.3 Å². The maximum Gasteiger partial charge on any atom is 0.185 e. The predicted molar refractivity (Wildman–Crippen MR) is 49.0 cm³/mol. The van der Waals surface area contributed by atoms with Gasteiger partial charge in [0.1, 0.15) is 6.07 Å². The van der Waals surface area contributed by atoms with Crippen LogP contribution in [0.1, 0.15) is 5.69 Å². The molecule has 1 heterocycles. The van der Waals surface area contributed by atoms with Crippen LogP contribution in [0.2, 0.25) is 0 Å². The Bertz CT molecular complexity index is 355. The third kappa shape index (κ3) is 2.06. The number of nitriles is 1. The molecule has 0 atom stereocenters. The summed E-state index contributed by atoms with van der Waals surface area (Å²) in [5.41, 5.74) is 1.08. The van der Waals surface area contributed by atoms with E-state index in [0.29, 0.717) is 5.71 Å². The Morgan fingerprint density at radius 3 is 2.77 bits per heavy atom. The van der Waals surface area contributed by atoms with Gasteiger partial charge in [-0.25, -0.2) is 0 Å². The van der Waals surface area contributed by atoms with Gasteiger partial charge in [-0.2, -0.15) is 15.5 Å². The minimum atomic E-state index is 0.366. The first-order valence-electron chi connectivity index (χ1n) is 3.79. The molecule has 0 saturated carbocycles. The van der Waals surface area contributed by atoms with Crippen molar-refractivity contribution in [3.05, 3.63) is 18.0 Å². The SMILES string of the molecule is CN(C)/N=C(\C#N)c1ccnn1C. The molecule has 1 aromatic rings. The molecule has 5 nitrogen and oxygen atoms in total. The van der Waals surface area contributed by atoms with Crippen molar-refractivity contribution in [2.24, 2.45) is 12.1 Å². The maximum absolute atomic E-state index is 8.82. The normalized spacial score (nSPS) is 11.1. The highest BCUT2D eigenvalue weighted by atomic mass is 15.4. The lowest BCUT2D eigenvalue weighted by atomic mass is 10.3. The van der Waals surface area contributed by atoms with Crippen LogP contribution in [0.25, 0.3) is 0 Å². The van der Waals surface area contributed by atoms with Crippen molar-refractivity contribution >= 4 is 5.71 Å². The number of nitrogens with zero attached hydrogens (tertiary/aromatic N) is 5. The van der Waals surface area contributed by atoms with Crippen molar-refractivity contribution in [1.82, 2.24) is 14.8 Å². The number of rotatable bonds is 2. The van der Waals surface area contributed by atoms with Crippen molar-refractivity contribution in [3.63, 3.8) is 0 Å². The smallest absolute Gasteiger partial charge is 0.185 e. The van der Waals surface area contributed by atoms with Gasteiger partial charge in [0.25, 0.3) is 0 Å². The van der Waals surface area contributed by atoms with Crippen LogP contribution >= 0.6 is 0 Å². The van der Waals surface area contributed by atoms with Crippen LogP contribution in [-0.2, 0) is 7.05 Å². The molecule has 0 amide bonds. The minimum absolute atomic E-state index is 0.366. The van der Waals surface area contributed by atoms with Gasteiger partial charge >= 0.3 is 0 Å². The van der Waals surface area contributed by atoms with E-state index in [1.54, 1.807) is 43.1 Å². The number of hydrazone groups is 1. The number of aromatic nitrogens is 2. The van der Waals surface area contributed by atoms with E-state index >= 15 is 0 Å². The highest BCUT2D eigenvalue weighted by Gasteiger charge is 2.06. The molecule has 0 N–H and O–H groups in total. The molecule has 1 aromatic heterocycles. The molecule has 5 heteroatoms. The van der Waals surface area contributed by atoms with Gasteiger partial charge in [-0.1, -0.05) is 0 Å². The van der Waals surface area contributed by atoms with E-state index in [0.717, 1.165) is 5.69 Å². The van der Waals surface area contributed by atoms with E-state index in [-0.39, 0.29) is 0 Å². The fraction of sp³-hybridized carbons (Fsp3) is 0.375. The van der Waals surface area contributed by atoms with E-state index in [1.807, 2.05) is 6.07 Å². The highest BCUT2D eigenvalue weighted by Crippen LogP contribution is 1.99. The molecule has 0 aromatic carbocycles. The van der Waals surface area contributed by atoms with Crippen molar-refractivity contribution in [2.45, 2.75) is 0 Å². The van der Waals surface area contributed by atoms with Crippen LogP contribution in [-0.4, -0.2) is 34.6 Å². The minimum Gasteiger partial charge on any atom is -0.302 e. The standard InChI is InChI=1S/C8H11N5/c1-12(2)11-7(6-9)8-4-5-10-13(8)3/h4-5H,1-3H3/b11-7+. The summed E-state index contributed by atoms with van der Waals surface area (Å²) in [6.07, 6.45) is 1.64. The van der Waals surface area contributed by atoms with Gasteiger partial charge in [-0.15, -0.1) is 0 Å². The lowest BCUT2D eigenvalue weighted by molar-refractivity contribution is 0.438. The van der Waals surface area contributed by atoms with Crippen LogP contribution in [0.4, 0.5) is 0 Å². The Balaban J connectivity index is 3.07. The van der Waals surface area contributed by atoms with Crippen molar-refractivity contribution in [2.75, 3.05) is 14.1 Å². The number of hydrogen-bond donors (Lipinski definition) is 0. The molecule has 0 radical (unpaired) electrons. The topological polar surface area (TPSA) is 57.2 Å². The molecule has 68 valence electrons. The lowest BCUT2D eigenvalue weighted by Gasteiger charge is -2.05. The number of hydrogen-bond acceptors (Lipinski definition) is 4. The highest BCUT2D eigenvalue weighted by molar-refractivity contribution is 6.10. The Labute approximate surface area is 76.9 Å². The third-order valence-electron chi connectivity index (χ3n) is 1.47. The fourth-order valence-electron chi connectivity index (χ4n) is 0.937. The molecule has 0 saturated heterocycles. The maximum atomic E-state index is 8.82. The Kier molecular flexibility index (Phi) is 2.65. The second-order valence-electron chi connectivity index (χ2n) is 2.75. The monoisotopic (exact) mass is 177 g/mol. The molecule has 0 aliphatic rings. The molecule has 0 aliphatic carbocycles. The Morgan fingerprint density at radius 1 is 1.69 bits per heavy atom. The van der Waals surface area contributed by atoms with Crippen LogP contribution in [0.15, 0.2) is 17.4 Å². The summed E-state index contributed by atoms with van der Waals surface area (Å²) >= 11 is 0. The van der Waals surface area contributed by atoms with E-state index in [1.165, 1.54) is 0 Å². The summed E-state index contributed by atoms with van der Waals surface area (Å²) in [7, 11) is 5.32. The van der Waals surface area contributed by atoms with Gasteiger partial charge in [-0.3, -0.25) is 4.68 Å². The summed E-state index contributed by atoms with van der Waals surface area (Å²) in [4.78, 5) is 0. The molecule has 0 unspecified atom stereocenters. The molecule has 0 spiro atoms. The zero-order valence-electron chi connectivity index (χ0n) is 7.89. The molecule has 0 fully saturated rings. The van der Waals surface area contributed by atoms with Crippen LogP contribution in [0.3, 0.4) is 0 Å². The van der Waals surface area contributed by atoms with Crippen molar-refractivity contribution in [1.29, 1.82) is 5.26 Å². The second-order valence-corrected chi connectivity index (χ2v) is 2.75. The van der Waals surface area contributed by atoms with E-state index in [9.17, 15) is 0 Å². The van der Waals surface area contributed by atoms with Crippen LogP contribution in [0.5, 0.6) is 0 Å². The Morgan fingerprint density at radius 2 is 2.38 bits per heavy atom. The first kappa shape index (κ1) is 9.26. The van der Waals surface area contributed by atoms with Crippen LogP contribution < -0.4 is 0 Å².